The third kappa shape index (κ3) is 2.67. The second-order valence-electron chi connectivity index (χ2n) is 11.3. The average Bonchev–Trinajstić information content (AvgIpc) is 3.35. The van der Waals surface area contributed by atoms with E-state index in [9.17, 15) is 14.7 Å². The summed E-state index contributed by atoms with van der Waals surface area (Å²) >= 11 is 0. The average molecular weight is 434 g/mol. The van der Waals surface area contributed by atoms with Crippen molar-refractivity contribution in [1.82, 2.24) is 4.90 Å². The lowest BCUT2D eigenvalue weighted by Gasteiger charge is -2.52. The zero-order chi connectivity index (χ0) is 23.2. The molecule has 7 atom stereocenters. The lowest BCUT2D eigenvalue weighted by atomic mass is 9.51. The lowest BCUT2D eigenvalue weighted by Crippen LogP contribution is -2.45. The minimum Gasteiger partial charge on any atom is -0.507 e. The predicted molar refractivity (Wildman–Crippen MR) is 126 cm³/mol. The van der Waals surface area contributed by atoms with Crippen LogP contribution in [0, 0.1) is 34.5 Å². The summed E-state index contributed by atoms with van der Waals surface area (Å²) in [6.45, 7) is 14.4. The van der Waals surface area contributed by atoms with Crippen LogP contribution in [-0.2, 0) is 9.59 Å². The van der Waals surface area contributed by atoms with E-state index in [0.717, 1.165) is 6.42 Å². The molecule has 1 amide bonds. The van der Waals surface area contributed by atoms with Crippen LogP contribution in [0.4, 0.5) is 0 Å². The van der Waals surface area contributed by atoms with Crippen molar-refractivity contribution >= 4 is 11.7 Å². The number of nitrogens with zero attached hydrogens (tertiary/aromatic N) is 1. The molecule has 4 nitrogen and oxygen atoms in total. The summed E-state index contributed by atoms with van der Waals surface area (Å²) in [6, 6.07) is -0.374. The Morgan fingerprint density at radius 2 is 1.78 bits per heavy atom. The van der Waals surface area contributed by atoms with Gasteiger partial charge in [0.05, 0.1) is 6.04 Å². The number of aliphatic hydroxyl groups is 1. The molecule has 0 aromatic carbocycles. The maximum atomic E-state index is 12.8. The zero-order valence-corrected chi connectivity index (χ0v) is 20.1. The Morgan fingerprint density at radius 3 is 2.47 bits per heavy atom. The van der Waals surface area contributed by atoms with Gasteiger partial charge in [0.25, 0.3) is 5.91 Å². The zero-order valence-electron chi connectivity index (χ0n) is 20.1. The summed E-state index contributed by atoms with van der Waals surface area (Å²) in [7, 11) is 0. The van der Waals surface area contributed by atoms with Crippen molar-refractivity contribution in [3.8, 4) is 0 Å². The molecule has 4 heteroatoms. The molecule has 0 radical (unpaired) electrons. The summed E-state index contributed by atoms with van der Waals surface area (Å²) in [6.07, 6.45) is 12.6. The Balaban J connectivity index is 1.59. The van der Waals surface area contributed by atoms with E-state index in [1.807, 2.05) is 0 Å². The summed E-state index contributed by atoms with van der Waals surface area (Å²) in [4.78, 5) is 27.2. The van der Waals surface area contributed by atoms with Crippen LogP contribution in [0.15, 0.2) is 58.4 Å². The van der Waals surface area contributed by atoms with Crippen LogP contribution < -0.4 is 0 Å². The minimum atomic E-state index is -0.374. The standard InChI is InChI=1S/C28H35NO3/c1-15-12-27(5)13-17(3)24-22(16(2)14-28(24,6)18(15)4)19(27)9-10-21(30)23-25(31)20-8-7-11-29(20)26(23)32/h9-10,12-14,18-20,22,24,30H,7-8,11H2,1-6H3/b10-9+,15-12?,23-21-/t18-,19+,20-,22+,24-,27+,28-/m0/s1. The van der Waals surface area contributed by atoms with Gasteiger partial charge in [-0.2, -0.15) is 0 Å². The highest BCUT2D eigenvalue weighted by Gasteiger charge is 2.56. The van der Waals surface area contributed by atoms with E-state index in [4.69, 9.17) is 0 Å². The Labute approximate surface area is 191 Å². The molecule has 4 aliphatic carbocycles. The first kappa shape index (κ1) is 21.5. The number of hydrogen-bond acceptors (Lipinski definition) is 3. The van der Waals surface area contributed by atoms with E-state index in [0.29, 0.717) is 30.7 Å². The second kappa shape index (κ2) is 6.82. The first-order chi connectivity index (χ1) is 15.0. The van der Waals surface area contributed by atoms with Gasteiger partial charge in [-0.05, 0) is 68.8 Å². The third-order valence-corrected chi connectivity index (χ3v) is 9.38. The van der Waals surface area contributed by atoms with Crippen LogP contribution in [0.25, 0.3) is 0 Å². The van der Waals surface area contributed by atoms with Crippen molar-refractivity contribution < 1.29 is 14.7 Å². The van der Waals surface area contributed by atoms with E-state index in [-0.39, 0.29) is 45.8 Å². The molecule has 2 aliphatic heterocycles. The van der Waals surface area contributed by atoms with Crippen LogP contribution in [0.5, 0.6) is 0 Å². The van der Waals surface area contributed by atoms with Crippen molar-refractivity contribution in [1.29, 1.82) is 0 Å². The molecule has 2 fully saturated rings. The summed E-state index contributed by atoms with van der Waals surface area (Å²) in [5.74, 6) is 0.657. The fourth-order valence-corrected chi connectivity index (χ4v) is 7.83. The highest BCUT2D eigenvalue weighted by Crippen LogP contribution is 2.64. The smallest absolute Gasteiger partial charge is 0.261 e. The molecule has 4 bridgehead atoms. The number of fused-ring (bicyclic) bond motifs is 2. The van der Waals surface area contributed by atoms with Gasteiger partial charge >= 0.3 is 0 Å². The molecule has 2 heterocycles. The summed E-state index contributed by atoms with van der Waals surface area (Å²) in [5, 5.41) is 10.9. The molecule has 6 rings (SSSR count). The lowest BCUT2D eigenvalue weighted by molar-refractivity contribution is -0.125. The van der Waals surface area contributed by atoms with Crippen LogP contribution in [0.1, 0.15) is 54.4 Å². The molecule has 2 saturated heterocycles. The van der Waals surface area contributed by atoms with Crippen LogP contribution >= 0.6 is 0 Å². The van der Waals surface area contributed by atoms with Gasteiger partial charge in [0.1, 0.15) is 11.3 Å². The van der Waals surface area contributed by atoms with Gasteiger partial charge in [-0.25, -0.2) is 0 Å². The SMILES string of the molecule is CC1=C[C@@]2(C)[C@@H](C)C(C)=C[C@]3(C)C=C(C)[C@H]2[C@H]1[C@H]3/C=C/C(O)=C1\C(=O)[C@@H]2CCCN2C1=O. The molecule has 0 aromatic rings. The van der Waals surface area contributed by atoms with Gasteiger partial charge in [-0.3, -0.25) is 9.59 Å². The highest BCUT2D eigenvalue weighted by atomic mass is 16.3. The van der Waals surface area contributed by atoms with Gasteiger partial charge in [-0.15, -0.1) is 0 Å². The highest BCUT2D eigenvalue weighted by molar-refractivity contribution is 6.27. The molecule has 0 aromatic heterocycles. The molecular weight excluding hydrogens is 398 g/mol. The molecule has 0 saturated carbocycles. The van der Waals surface area contributed by atoms with Gasteiger partial charge in [-0.1, -0.05) is 61.8 Å². The van der Waals surface area contributed by atoms with E-state index >= 15 is 0 Å². The van der Waals surface area contributed by atoms with E-state index in [1.165, 1.54) is 16.7 Å². The summed E-state index contributed by atoms with van der Waals surface area (Å²) < 4.78 is 0. The Morgan fingerprint density at radius 1 is 1.09 bits per heavy atom. The number of allylic oxidation sites excluding steroid dienone is 8. The first-order valence-electron chi connectivity index (χ1n) is 12.0. The van der Waals surface area contributed by atoms with Crippen molar-refractivity contribution in [3.05, 3.63) is 58.4 Å². The number of rotatable bonds is 2. The number of amides is 1. The molecule has 170 valence electrons. The number of ketones is 1. The topological polar surface area (TPSA) is 57.6 Å². The van der Waals surface area contributed by atoms with Crippen molar-refractivity contribution in [3.63, 3.8) is 0 Å². The molecular formula is C28H35NO3. The predicted octanol–water partition coefficient (Wildman–Crippen LogP) is 5.31. The first-order valence-corrected chi connectivity index (χ1v) is 12.0. The van der Waals surface area contributed by atoms with Crippen LogP contribution in [-0.4, -0.2) is 34.3 Å². The molecule has 6 aliphatic rings. The number of hydrogen-bond donors (Lipinski definition) is 1. The van der Waals surface area contributed by atoms with Gasteiger partial charge in [0.2, 0.25) is 0 Å². The quantitative estimate of drug-likeness (QED) is 0.278. The minimum absolute atomic E-state index is 0.0253. The summed E-state index contributed by atoms with van der Waals surface area (Å²) in [5.41, 5.74) is 4.10. The number of carbonyl (C=O) groups is 2. The van der Waals surface area contributed by atoms with Crippen molar-refractivity contribution in [2.75, 3.05) is 6.54 Å². The number of carbonyl (C=O) groups excluding carboxylic acids is 2. The van der Waals surface area contributed by atoms with Gasteiger partial charge in [0.15, 0.2) is 5.78 Å². The largest absolute Gasteiger partial charge is 0.507 e. The third-order valence-electron chi connectivity index (χ3n) is 9.38. The Bertz CT molecular complexity index is 1050. The fourth-order valence-electron chi connectivity index (χ4n) is 7.83. The Kier molecular flexibility index (Phi) is 4.58. The number of aliphatic hydroxyl groups excluding tert-OH is 1. The maximum Gasteiger partial charge on any atom is 0.261 e. The van der Waals surface area contributed by atoms with E-state index in [1.54, 1.807) is 11.0 Å². The van der Waals surface area contributed by atoms with Crippen LogP contribution in [0.2, 0.25) is 0 Å². The van der Waals surface area contributed by atoms with E-state index in [2.05, 4.69) is 65.8 Å². The molecule has 0 unspecified atom stereocenters. The van der Waals surface area contributed by atoms with E-state index < -0.39 is 0 Å². The molecule has 0 spiro atoms. The second-order valence-corrected chi connectivity index (χ2v) is 11.3. The van der Waals surface area contributed by atoms with Gasteiger partial charge in [0, 0.05) is 12.0 Å². The normalized spacial score (nSPS) is 44.5. The fraction of sp³-hybridized carbons (Fsp3) is 0.571. The van der Waals surface area contributed by atoms with Crippen molar-refractivity contribution in [2.24, 2.45) is 34.5 Å². The van der Waals surface area contributed by atoms with Crippen molar-refractivity contribution in [2.45, 2.75) is 60.4 Å². The molecule has 32 heavy (non-hydrogen) atoms. The van der Waals surface area contributed by atoms with Crippen LogP contribution in [0.3, 0.4) is 0 Å². The Hall–Kier alpha value is -2.36. The maximum absolute atomic E-state index is 12.8. The molecule has 1 N–H and O–H groups in total. The van der Waals surface area contributed by atoms with Gasteiger partial charge < -0.3 is 10.0 Å². The number of Topliss-reactive ketones (excluding diaryl/α,β-unsaturated/α-hetero) is 1. The monoisotopic (exact) mass is 433 g/mol.